The highest BCUT2D eigenvalue weighted by Crippen LogP contribution is 2.20. The van der Waals surface area contributed by atoms with Crippen LogP contribution in [0.15, 0.2) is 0 Å². The summed E-state index contributed by atoms with van der Waals surface area (Å²) in [7, 11) is 0. The van der Waals surface area contributed by atoms with Gasteiger partial charge in [-0.05, 0) is 19.8 Å². The fourth-order valence-corrected chi connectivity index (χ4v) is 1.80. The van der Waals surface area contributed by atoms with E-state index in [2.05, 4.69) is 5.32 Å². The van der Waals surface area contributed by atoms with E-state index in [9.17, 15) is 4.79 Å². The van der Waals surface area contributed by atoms with Crippen molar-refractivity contribution in [3.8, 4) is 0 Å². The molecule has 1 aliphatic heterocycles. The van der Waals surface area contributed by atoms with Crippen LogP contribution in [0.3, 0.4) is 0 Å². The molecular formula is C9H15NO2S. The van der Waals surface area contributed by atoms with Crippen LogP contribution in [0.4, 0.5) is 0 Å². The minimum Gasteiger partial charge on any atom is -0.462 e. The molecule has 0 aromatic heterocycles. The van der Waals surface area contributed by atoms with Gasteiger partial charge < -0.3 is 10.1 Å². The van der Waals surface area contributed by atoms with E-state index in [0.717, 1.165) is 6.54 Å². The van der Waals surface area contributed by atoms with E-state index in [1.165, 1.54) is 0 Å². The van der Waals surface area contributed by atoms with Crippen molar-refractivity contribution >= 4 is 23.2 Å². The van der Waals surface area contributed by atoms with E-state index in [1.807, 2.05) is 20.8 Å². The van der Waals surface area contributed by atoms with Gasteiger partial charge in [-0.2, -0.15) is 0 Å². The summed E-state index contributed by atoms with van der Waals surface area (Å²) in [6, 6.07) is 0. The number of thiocarbonyl (C=S) groups is 1. The Morgan fingerprint density at radius 3 is 2.69 bits per heavy atom. The summed E-state index contributed by atoms with van der Waals surface area (Å²) >= 11 is 5.03. The molecule has 1 rings (SSSR count). The number of rotatable bonds is 2. The van der Waals surface area contributed by atoms with Crippen LogP contribution in [0.5, 0.6) is 0 Å². The Balaban J connectivity index is 2.59. The summed E-state index contributed by atoms with van der Waals surface area (Å²) in [5.74, 6) is -0.186. The van der Waals surface area contributed by atoms with Gasteiger partial charge in [0.25, 0.3) is 0 Å². The summed E-state index contributed by atoms with van der Waals surface area (Å²) in [6.07, 6.45) is -0.0666. The fourth-order valence-electron chi connectivity index (χ4n) is 1.39. The largest absolute Gasteiger partial charge is 0.462 e. The lowest BCUT2D eigenvalue weighted by atomic mass is 9.98. The number of carbonyl (C=O) groups is 1. The molecule has 1 saturated heterocycles. The third kappa shape index (κ3) is 2.40. The Labute approximate surface area is 83.8 Å². The zero-order valence-corrected chi connectivity index (χ0v) is 8.98. The van der Waals surface area contributed by atoms with E-state index in [1.54, 1.807) is 0 Å². The van der Waals surface area contributed by atoms with Crippen LogP contribution in [0.1, 0.15) is 20.8 Å². The Bertz CT molecular complexity index is 228. The number of hydrogen-bond donors (Lipinski definition) is 1. The van der Waals surface area contributed by atoms with Gasteiger partial charge in [0, 0.05) is 6.54 Å². The summed E-state index contributed by atoms with van der Waals surface area (Å²) < 4.78 is 5.11. The minimum atomic E-state index is -0.239. The van der Waals surface area contributed by atoms with Crippen LogP contribution >= 0.6 is 12.2 Å². The predicted molar refractivity (Wildman–Crippen MR) is 54.5 cm³/mol. The molecule has 0 aromatic rings. The third-order valence-corrected chi connectivity index (χ3v) is 2.45. The zero-order chi connectivity index (χ0) is 10.0. The monoisotopic (exact) mass is 201 g/mol. The Morgan fingerprint density at radius 1 is 1.69 bits per heavy atom. The van der Waals surface area contributed by atoms with Crippen molar-refractivity contribution < 1.29 is 9.53 Å². The molecule has 2 unspecified atom stereocenters. The van der Waals surface area contributed by atoms with Crippen molar-refractivity contribution in [1.29, 1.82) is 0 Å². The average Bonchev–Trinajstić information content (AvgIpc) is 2.29. The quantitative estimate of drug-likeness (QED) is 0.537. The summed E-state index contributed by atoms with van der Waals surface area (Å²) in [4.78, 5) is 12.2. The maximum Gasteiger partial charge on any atom is 0.316 e. The summed E-state index contributed by atoms with van der Waals surface area (Å²) in [6.45, 7) is 6.46. The number of carbonyl (C=O) groups excluding carboxylic acids is 1. The summed E-state index contributed by atoms with van der Waals surface area (Å²) in [5.41, 5.74) is 0. The number of esters is 1. The fraction of sp³-hybridized carbons (Fsp3) is 0.778. The lowest BCUT2D eigenvalue weighted by Crippen LogP contribution is -2.29. The molecule has 0 bridgehead atoms. The smallest absolute Gasteiger partial charge is 0.316 e. The number of ether oxygens (including phenoxy) is 1. The van der Waals surface area contributed by atoms with Crippen molar-refractivity contribution in [2.45, 2.75) is 26.9 Å². The molecule has 0 saturated carbocycles. The van der Waals surface area contributed by atoms with Crippen LogP contribution in [0.25, 0.3) is 0 Å². The molecule has 2 atom stereocenters. The SMILES string of the molecule is CC(C)OC(=O)C1C(=S)NCC1C. The van der Waals surface area contributed by atoms with E-state index in [0.29, 0.717) is 4.99 Å². The van der Waals surface area contributed by atoms with Gasteiger partial charge in [-0.25, -0.2) is 0 Å². The van der Waals surface area contributed by atoms with Crippen LogP contribution < -0.4 is 5.32 Å². The van der Waals surface area contributed by atoms with Crippen LogP contribution in [0.2, 0.25) is 0 Å². The molecular weight excluding hydrogens is 186 g/mol. The second-order valence-corrected chi connectivity index (χ2v) is 4.13. The van der Waals surface area contributed by atoms with E-state index < -0.39 is 0 Å². The molecule has 13 heavy (non-hydrogen) atoms. The van der Waals surface area contributed by atoms with Gasteiger partial charge in [0.05, 0.1) is 11.1 Å². The van der Waals surface area contributed by atoms with Crippen molar-refractivity contribution in [1.82, 2.24) is 5.32 Å². The second-order valence-electron chi connectivity index (χ2n) is 3.69. The van der Waals surface area contributed by atoms with Crippen molar-refractivity contribution in [3.63, 3.8) is 0 Å². The highest BCUT2D eigenvalue weighted by molar-refractivity contribution is 7.80. The number of nitrogens with one attached hydrogen (secondary N) is 1. The van der Waals surface area contributed by atoms with Gasteiger partial charge in [0.15, 0.2) is 0 Å². The van der Waals surface area contributed by atoms with E-state index >= 15 is 0 Å². The highest BCUT2D eigenvalue weighted by Gasteiger charge is 2.35. The van der Waals surface area contributed by atoms with E-state index in [4.69, 9.17) is 17.0 Å². The molecule has 1 heterocycles. The molecule has 0 radical (unpaired) electrons. The van der Waals surface area contributed by atoms with Crippen molar-refractivity contribution in [3.05, 3.63) is 0 Å². The zero-order valence-electron chi connectivity index (χ0n) is 8.16. The first kappa shape index (κ1) is 10.4. The van der Waals surface area contributed by atoms with Crippen molar-refractivity contribution in [2.75, 3.05) is 6.54 Å². The molecule has 4 heteroatoms. The Hall–Kier alpha value is -0.640. The molecule has 1 aliphatic rings. The third-order valence-electron chi connectivity index (χ3n) is 2.06. The lowest BCUT2D eigenvalue weighted by Gasteiger charge is -2.15. The molecule has 3 nitrogen and oxygen atoms in total. The first-order valence-electron chi connectivity index (χ1n) is 4.50. The molecule has 0 amide bonds. The highest BCUT2D eigenvalue weighted by atomic mass is 32.1. The van der Waals surface area contributed by atoms with Gasteiger partial charge in [-0.3, -0.25) is 4.79 Å². The van der Waals surface area contributed by atoms with Gasteiger partial charge in [-0.15, -0.1) is 0 Å². The Kier molecular flexibility index (Phi) is 3.25. The maximum atomic E-state index is 11.5. The molecule has 0 spiro atoms. The number of hydrogen-bond acceptors (Lipinski definition) is 3. The minimum absolute atomic E-state index is 0.0666. The van der Waals surface area contributed by atoms with Gasteiger partial charge >= 0.3 is 5.97 Å². The van der Waals surface area contributed by atoms with Gasteiger partial charge in [0.1, 0.15) is 5.92 Å². The van der Waals surface area contributed by atoms with Gasteiger partial charge in [0.2, 0.25) is 0 Å². The van der Waals surface area contributed by atoms with Crippen LogP contribution in [-0.2, 0) is 9.53 Å². The van der Waals surface area contributed by atoms with Crippen molar-refractivity contribution in [2.24, 2.45) is 11.8 Å². The van der Waals surface area contributed by atoms with E-state index in [-0.39, 0.29) is 23.9 Å². The lowest BCUT2D eigenvalue weighted by molar-refractivity contribution is -0.150. The molecule has 1 N–H and O–H groups in total. The maximum absolute atomic E-state index is 11.5. The normalized spacial score (nSPS) is 27.5. The average molecular weight is 201 g/mol. The Morgan fingerprint density at radius 2 is 2.31 bits per heavy atom. The predicted octanol–water partition coefficient (Wildman–Crippen LogP) is 1.12. The first-order valence-corrected chi connectivity index (χ1v) is 4.91. The van der Waals surface area contributed by atoms with Gasteiger partial charge in [-0.1, -0.05) is 19.1 Å². The first-order chi connectivity index (χ1) is 6.02. The molecule has 74 valence electrons. The van der Waals surface area contributed by atoms with Crippen LogP contribution in [0, 0.1) is 11.8 Å². The van der Waals surface area contributed by atoms with Crippen LogP contribution in [-0.4, -0.2) is 23.6 Å². The molecule has 0 aliphatic carbocycles. The second kappa shape index (κ2) is 4.05. The topological polar surface area (TPSA) is 38.3 Å². The molecule has 1 fully saturated rings. The summed E-state index contributed by atoms with van der Waals surface area (Å²) in [5, 5.41) is 3.00. The standard InChI is InChI=1S/C9H15NO2S/c1-5(2)12-9(11)7-6(3)4-10-8(7)13/h5-7H,4H2,1-3H3,(H,10,13). The molecule has 0 aromatic carbocycles.